The summed E-state index contributed by atoms with van der Waals surface area (Å²) in [4.78, 5) is 36.0. The van der Waals surface area contributed by atoms with Gasteiger partial charge in [0, 0.05) is 35.1 Å². The molecule has 30 heavy (non-hydrogen) atoms. The smallest absolute Gasteiger partial charge is 0.253 e. The van der Waals surface area contributed by atoms with Gasteiger partial charge < -0.3 is 4.90 Å². The van der Waals surface area contributed by atoms with Gasteiger partial charge in [-0.1, -0.05) is 17.7 Å². The number of rotatable bonds is 5. The number of anilines is 1. The van der Waals surface area contributed by atoms with Crippen LogP contribution in [0.1, 0.15) is 46.6 Å². The van der Waals surface area contributed by atoms with Crippen LogP contribution in [0.15, 0.2) is 36.9 Å². The highest BCUT2D eigenvalue weighted by Gasteiger charge is 2.33. The summed E-state index contributed by atoms with van der Waals surface area (Å²) in [6.07, 6.45) is 7.74. The summed E-state index contributed by atoms with van der Waals surface area (Å²) in [7, 11) is 0. The van der Waals surface area contributed by atoms with Gasteiger partial charge in [0.2, 0.25) is 5.91 Å². The molecular formula is C23H26ClN3O2S. The van der Waals surface area contributed by atoms with Crippen molar-refractivity contribution in [2.24, 2.45) is 5.92 Å². The van der Waals surface area contributed by atoms with E-state index in [1.807, 2.05) is 0 Å². The van der Waals surface area contributed by atoms with Gasteiger partial charge in [-0.2, -0.15) is 0 Å². The number of piperidine rings is 1. The van der Waals surface area contributed by atoms with Gasteiger partial charge in [-0.05, 0) is 62.8 Å². The molecule has 1 aliphatic carbocycles. The van der Waals surface area contributed by atoms with Crippen LogP contribution in [0.25, 0.3) is 0 Å². The molecule has 0 saturated carbocycles. The van der Waals surface area contributed by atoms with Gasteiger partial charge in [-0.25, -0.2) is 4.98 Å². The number of aromatic nitrogens is 1. The fourth-order valence-corrected chi connectivity index (χ4v) is 5.49. The van der Waals surface area contributed by atoms with Gasteiger partial charge >= 0.3 is 0 Å². The van der Waals surface area contributed by atoms with Crippen molar-refractivity contribution in [2.45, 2.75) is 38.5 Å². The average molecular weight is 444 g/mol. The molecule has 2 heterocycles. The molecule has 5 nitrogen and oxygen atoms in total. The molecule has 4 rings (SSSR count). The minimum Gasteiger partial charge on any atom is -0.338 e. The molecule has 1 aromatic carbocycles. The summed E-state index contributed by atoms with van der Waals surface area (Å²) in [5.41, 5.74) is 1.74. The molecular weight excluding hydrogens is 418 g/mol. The first-order chi connectivity index (χ1) is 14.6. The Hall–Kier alpha value is -2.18. The topological polar surface area (TPSA) is 53.5 Å². The number of carbonyl (C=O) groups excluding carboxylic acids is 2. The largest absolute Gasteiger partial charge is 0.338 e. The Bertz CT molecular complexity index is 917. The number of aryl methyl sites for hydroxylation is 2. The number of halogens is 1. The van der Waals surface area contributed by atoms with Crippen LogP contribution in [0.5, 0.6) is 0 Å². The highest BCUT2D eigenvalue weighted by atomic mass is 35.5. The second-order valence-corrected chi connectivity index (χ2v) is 9.41. The van der Waals surface area contributed by atoms with Crippen molar-refractivity contribution in [3.63, 3.8) is 0 Å². The Balaban J connectivity index is 1.50. The predicted octanol–water partition coefficient (Wildman–Crippen LogP) is 4.75. The third-order valence-electron chi connectivity index (χ3n) is 5.79. The predicted molar refractivity (Wildman–Crippen MR) is 121 cm³/mol. The van der Waals surface area contributed by atoms with E-state index in [-0.39, 0.29) is 17.7 Å². The highest BCUT2D eigenvalue weighted by molar-refractivity contribution is 7.16. The maximum absolute atomic E-state index is 13.4. The molecule has 1 atom stereocenters. The minimum absolute atomic E-state index is 0.0367. The molecule has 2 aliphatic rings. The Morgan fingerprint density at radius 2 is 2.00 bits per heavy atom. The van der Waals surface area contributed by atoms with Crippen LogP contribution in [0, 0.1) is 5.92 Å². The van der Waals surface area contributed by atoms with E-state index in [0.717, 1.165) is 42.9 Å². The van der Waals surface area contributed by atoms with Crippen LogP contribution < -0.4 is 4.90 Å². The molecule has 2 amide bonds. The van der Waals surface area contributed by atoms with Crippen molar-refractivity contribution >= 4 is 39.9 Å². The van der Waals surface area contributed by atoms with E-state index < -0.39 is 0 Å². The van der Waals surface area contributed by atoms with Gasteiger partial charge in [-0.15, -0.1) is 17.9 Å². The summed E-state index contributed by atoms with van der Waals surface area (Å²) in [5.74, 6) is -0.241. The number of amides is 2. The molecule has 1 unspecified atom stereocenters. The van der Waals surface area contributed by atoms with Gasteiger partial charge in [0.15, 0.2) is 5.13 Å². The zero-order valence-corrected chi connectivity index (χ0v) is 18.6. The molecule has 0 radical (unpaired) electrons. The zero-order chi connectivity index (χ0) is 21.1. The first-order valence-electron chi connectivity index (χ1n) is 10.5. The second-order valence-electron chi connectivity index (χ2n) is 7.91. The van der Waals surface area contributed by atoms with Crippen molar-refractivity contribution in [3.8, 4) is 0 Å². The normalized spacial score (nSPS) is 18.6. The Morgan fingerprint density at radius 3 is 2.73 bits per heavy atom. The van der Waals surface area contributed by atoms with E-state index in [4.69, 9.17) is 16.6 Å². The third-order valence-corrected chi connectivity index (χ3v) is 7.22. The quantitative estimate of drug-likeness (QED) is 0.627. The van der Waals surface area contributed by atoms with Crippen LogP contribution >= 0.6 is 22.9 Å². The highest BCUT2D eigenvalue weighted by Crippen LogP contribution is 2.33. The van der Waals surface area contributed by atoms with Gasteiger partial charge in [0.1, 0.15) is 0 Å². The first kappa shape index (κ1) is 21.1. The van der Waals surface area contributed by atoms with E-state index in [1.165, 1.54) is 11.3 Å². The molecule has 158 valence electrons. The molecule has 2 aromatic rings. The number of nitrogens with zero attached hydrogens (tertiary/aromatic N) is 3. The maximum Gasteiger partial charge on any atom is 0.253 e. The second kappa shape index (κ2) is 9.31. The number of hydrogen-bond acceptors (Lipinski definition) is 4. The lowest BCUT2D eigenvalue weighted by Crippen LogP contribution is -2.47. The van der Waals surface area contributed by atoms with Crippen LogP contribution in [-0.4, -0.2) is 41.3 Å². The molecule has 1 aliphatic heterocycles. The Kier molecular flexibility index (Phi) is 6.54. The van der Waals surface area contributed by atoms with Crippen molar-refractivity contribution in [1.82, 2.24) is 9.88 Å². The van der Waals surface area contributed by atoms with Crippen LogP contribution in [0.4, 0.5) is 5.13 Å². The van der Waals surface area contributed by atoms with E-state index in [0.29, 0.717) is 30.2 Å². The fraction of sp³-hybridized carbons (Fsp3) is 0.435. The Labute approximate surface area is 186 Å². The standard InChI is InChI=1S/C23H26ClN3O2S/c1-2-13-27(23-25-19-7-3-4-8-20(19)30-23)22(29)17-6-5-14-26(15-17)21(28)16-9-11-18(24)12-10-16/h2,9-12,17H,1,3-8,13-15H2. The van der Waals surface area contributed by atoms with Gasteiger partial charge in [0.05, 0.1) is 11.6 Å². The van der Waals surface area contributed by atoms with E-state index in [1.54, 1.807) is 51.5 Å². The number of likely N-dealkylation sites (tertiary alicyclic amines) is 1. The van der Waals surface area contributed by atoms with Crippen LogP contribution in [0.3, 0.4) is 0 Å². The third kappa shape index (κ3) is 4.44. The van der Waals surface area contributed by atoms with Crippen LogP contribution in [-0.2, 0) is 17.6 Å². The lowest BCUT2D eigenvalue weighted by Gasteiger charge is -2.34. The minimum atomic E-state index is -0.226. The molecule has 0 bridgehead atoms. The molecule has 7 heteroatoms. The summed E-state index contributed by atoms with van der Waals surface area (Å²) in [6, 6.07) is 6.91. The zero-order valence-electron chi connectivity index (χ0n) is 17.0. The molecule has 1 aromatic heterocycles. The molecule has 1 fully saturated rings. The summed E-state index contributed by atoms with van der Waals surface area (Å²) >= 11 is 7.57. The Morgan fingerprint density at radius 1 is 1.23 bits per heavy atom. The SMILES string of the molecule is C=CCN(C(=O)C1CCCN(C(=O)c2ccc(Cl)cc2)C1)c1nc2c(s1)CCCC2. The van der Waals surface area contributed by atoms with Gasteiger partial charge in [-0.3, -0.25) is 14.5 Å². The average Bonchev–Trinajstić information content (AvgIpc) is 3.21. The number of benzene rings is 1. The van der Waals surface area contributed by atoms with Gasteiger partial charge in [0.25, 0.3) is 5.91 Å². The molecule has 0 spiro atoms. The van der Waals surface area contributed by atoms with E-state index in [2.05, 4.69) is 6.58 Å². The number of thiazole rings is 1. The van der Waals surface area contributed by atoms with Crippen molar-refractivity contribution < 1.29 is 9.59 Å². The van der Waals surface area contributed by atoms with Crippen molar-refractivity contribution in [1.29, 1.82) is 0 Å². The maximum atomic E-state index is 13.4. The summed E-state index contributed by atoms with van der Waals surface area (Å²) in [5, 5.41) is 1.37. The van der Waals surface area contributed by atoms with Crippen LogP contribution in [0.2, 0.25) is 5.02 Å². The lowest BCUT2D eigenvalue weighted by molar-refractivity contribution is -0.123. The molecule has 1 saturated heterocycles. The summed E-state index contributed by atoms with van der Waals surface area (Å²) in [6.45, 7) is 5.36. The number of carbonyl (C=O) groups is 2. The number of hydrogen-bond donors (Lipinski definition) is 0. The monoisotopic (exact) mass is 443 g/mol. The van der Waals surface area contributed by atoms with Crippen molar-refractivity contribution in [2.75, 3.05) is 24.5 Å². The van der Waals surface area contributed by atoms with E-state index >= 15 is 0 Å². The fourth-order valence-electron chi connectivity index (χ4n) is 4.20. The summed E-state index contributed by atoms with van der Waals surface area (Å²) < 4.78 is 0. The molecule has 0 N–H and O–H groups in total. The first-order valence-corrected chi connectivity index (χ1v) is 11.7. The van der Waals surface area contributed by atoms with E-state index in [9.17, 15) is 9.59 Å². The number of fused-ring (bicyclic) bond motifs is 1. The lowest BCUT2D eigenvalue weighted by atomic mass is 9.96. The van der Waals surface area contributed by atoms with Crippen molar-refractivity contribution in [3.05, 3.63) is 58.1 Å².